The summed E-state index contributed by atoms with van der Waals surface area (Å²) in [5, 5.41) is 0. The van der Waals surface area contributed by atoms with Crippen molar-refractivity contribution in [2.75, 3.05) is 0 Å². The molecule has 2 aliphatic rings. The third-order valence-electron chi connectivity index (χ3n) is 2.19. The van der Waals surface area contributed by atoms with E-state index >= 15 is 0 Å². The molecular weight excluding hydrogens is 172 g/mol. The van der Waals surface area contributed by atoms with Gasteiger partial charge in [-0.3, -0.25) is 0 Å². The van der Waals surface area contributed by atoms with Gasteiger partial charge in [0.1, 0.15) is 12.2 Å². The van der Waals surface area contributed by atoms with Crippen LogP contribution in [-0.4, -0.2) is 30.6 Å². The van der Waals surface area contributed by atoms with Crippen LogP contribution in [0.4, 0.5) is 0 Å². The van der Waals surface area contributed by atoms with E-state index in [1.54, 1.807) is 13.8 Å². The second-order valence-electron chi connectivity index (χ2n) is 3.69. The first-order chi connectivity index (χ1) is 6.03. The van der Waals surface area contributed by atoms with Crippen molar-refractivity contribution in [2.45, 2.75) is 38.1 Å². The molecule has 0 aromatic rings. The quantitative estimate of drug-likeness (QED) is 0.442. The lowest BCUT2D eigenvalue weighted by molar-refractivity contribution is -0.198. The van der Waals surface area contributed by atoms with Crippen molar-refractivity contribution < 1.29 is 19.0 Å². The molecule has 0 aromatic heterocycles. The maximum absolute atomic E-state index is 10.5. The van der Waals surface area contributed by atoms with Crippen LogP contribution in [0, 0.1) is 0 Å². The molecule has 3 atom stereocenters. The average molecular weight is 184 g/mol. The molecule has 0 N–H and O–H groups in total. The van der Waals surface area contributed by atoms with Crippen LogP contribution in [0.15, 0.2) is 12.2 Å². The monoisotopic (exact) mass is 184 g/mol. The number of carbonyl (C=O) groups is 1. The Kier molecular flexibility index (Phi) is 1.80. The highest BCUT2D eigenvalue weighted by atomic mass is 16.8. The first-order valence-electron chi connectivity index (χ1n) is 4.18. The van der Waals surface area contributed by atoms with Crippen LogP contribution >= 0.6 is 0 Å². The molecule has 2 aliphatic heterocycles. The Hall–Kier alpha value is -0.710. The van der Waals surface area contributed by atoms with Gasteiger partial charge in [0.15, 0.2) is 18.4 Å². The van der Waals surface area contributed by atoms with Gasteiger partial charge in [-0.2, -0.15) is 0 Å². The maximum atomic E-state index is 10.5. The molecule has 0 amide bonds. The van der Waals surface area contributed by atoms with E-state index in [4.69, 9.17) is 14.2 Å². The van der Waals surface area contributed by atoms with Gasteiger partial charge in [-0.1, -0.05) is 6.58 Å². The molecule has 0 aromatic carbocycles. The predicted molar refractivity (Wildman–Crippen MR) is 43.9 cm³/mol. The normalized spacial score (nSPS) is 42.0. The summed E-state index contributed by atoms with van der Waals surface area (Å²) >= 11 is 0. The summed E-state index contributed by atoms with van der Waals surface area (Å²) in [6, 6.07) is 0. The minimum Gasteiger partial charge on any atom is -0.337 e. The second-order valence-corrected chi connectivity index (χ2v) is 3.69. The Morgan fingerprint density at radius 2 is 2.15 bits per heavy atom. The summed E-state index contributed by atoms with van der Waals surface area (Å²) < 4.78 is 16.2. The van der Waals surface area contributed by atoms with E-state index in [-0.39, 0.29) is 6.10 Å². The van der Waals surface area contributed by atoms with Gasteiger partial charge in [0.2, 0.25) is 0 Å². The van der Waals surface area contributed by atoms with Crippen LogP contribution in [0.25, 0.3) is 0 Å². The molecule has 0 aliphatic carbocycles. The minimum absolute atomic E-state index is 0.301. The summed E-state index contributed by atoms with van der Waals surface area (Å²) in [6.45, 7) is 7.36. The maximum Gasteiger partial charge on any atom is 0.192 e. The first-order valence-corrected chi connectivity index (χ1v) is 4.18. The van der Waals surface area contributed by atoms with Crippen molar-refractivity contribution in [1.82, 2.24) is 0 Å². The lowest BCUT2D eigenvalue weighted by Crippen LogP contribution is -2.25. The fourth-order valence-corrected chi connectivity index (χ4v) is 1.59. The van der Waals surface area contributed by atoms with Gasteiger partial charge >= 0.3 is 0 Å². The number of carbonyl (C=O) groups excluding carboxylic acids is 1. The predicted octanol–water partition coefficient (Wildman–Crippen LogP) is 0.618. The van der Waals surface area contributed by atoms with Crippen LogP contribution in [0.5, 0.6) is 0 Å². The highest BCUT2D eigenvalue weighted by Crippen LogP contribution is 2.38. The van der Waals surface area contributed by atoms with E-state index in [1.165, 1.54) is 0 Å². The molecule has 0 saturated carbocycles. The van der Waals surface area contributed by atoms with Crippen LogP contribution in [-0.2, 0) is 19.0 Å². The molecule has 0 unspecified atom stereocenters. The molecule has 0 spiro atoms. The van der Waals surface area contributed by atoms with Gasteiger partial charge in [0, 0.05) is 0 Å². The smallest absolute Gasteiger partial charge is 0.192 e. The van der Waals surface area contributed by atoms with Crippen LogP contribution < -0.4 is 0 Å². The fraction of sp³-hybridized carbons (Fsp3) is 0.667. The summed E-state index contributed by atoms with van der Waals surface area (Å²) in [4.78, 5) is 10.5. The van der Waals surface area contributed by atoms with Crippen molar-refractivity contribution in [3.05, 3.63) is 12.2 Å². The number of hydrogen-bond acceptors (Lipinski definition) is 4. The number of fused-ring (bicyclic) bond motifs is 1. The number of ether oxygens (including phenoxy) is 3. The van der Waals surface area contributed by atoms with Gasteiger partial charge in [-0.15, -0.1) is 0 Å². The van der Waals surface area contributed by atoms with E-state index in [0.29, 0.717) is 11.9 Å². The second kappa shape index (κ2) is 2.64. The molecule has 4 heteroatoms. The van der Waals surface area contributed by atoms with Crippen molar-refractivity contribution in [1.29, 1.82) is 0 Å². The van der Waals surface area contributed by atoms with E-state index in [1.807, 2.05) is 0 Å². The Labute approximate surface area is 76.5 Å². The van der Waals surface area contributed by atoms with Crippen molar-refractivity contribution in [2.24, 2.45) is 0 Å². The van der Waals surface area contributed by atoms with Crippen LogP contribution in [0.1, 0.15) is 13.8 Å². The SMILES string of the molecule is C=C1[C@H]2OC(C)(C)O[C@H]2O[C@@H]1C=O. The topological polar surface area (TPSA) is 44.8 Å². The van der Waals surface area contributed by atoms with Gasteiger partial charge in [-0.25, -0.2) is 0 Å². The molecule has 4 nitrogen and oxygen atoms in total. The summed E-state index contributed by atoms with van der Waals surface area (Å²) in [5.41, 5.74) is 0.644. The van der Waals surface area contributed by atoms with Crippen LogP contribution in [0.3, 0.4) is 0 Å². The molecule has 0 bridgehead atoms. The van der Waals surface area contributed by atoms with Crippen LogP contribution in [0.2, 0.25) is 0 Å². The molecule has 2 rings (SSSR count). The summed E-state index contributed by atoms with van der Waals surface area (Å²) in [6.07, 6.45) is -0.644. The van der Waals surface area contributed by atoms with Gasteiger partial charge in [-0.05, 0) is 19.4 Å². The molecule has 72 valence electrons. The fourth-order valence-electron chi connectivity index (χ4n) is 1.59. The highest BCUT2D eigenvalue weighted by molar-refractivity contribution is 5.63. The van der Waals surface area contributed by atoms with E-state index in [0.717, 1.165) is 0 Å². The van der Waals surface area contributed by atoms with E-state index in [2.05, 4.69) is 6.58 Å². The van der Waals surface area contributed by atoms with E-state index < -0.39 is 18.2 Å². The number of rotatable bonds is 1. The van der Waals surface area contributed by atoms with Crippen molar-refractivity contribution in [3.8, 4) is 0 Å². The van der Waals surface area contributed by atoms with E-state index in [9.17, 15) is 4.79 Å². The first kappa shape index (κ1) is 8.87. The zero-order valence-electron chi connectivity index (χ0n) is 7.65. The Morgan fingerprint density at radius 1 is 1.46 bits per heavy atom. The molecule has 2 saturated heterocycles. The highest BCUT2D eigenvalue weighted by Gasteiger charge is 2.50. The Morgan fingerprint density at radius 3 is 2.69 bits per heavy atom. The van der Waals surface area contributed by atoms with Crippen molar-refractivity contribution in [3.63, 3.8) is 0 Å². The Balaban J connectivity index is 2.16. The average Bonchev–Trinajstić information content (AvgIpc) is 2.47. The lowest BCUT2D eigenvalue weighted by atomic mass is 10.1. The summed E-state index contributed by atoms with van der Waals surface area (Å²) in [7, 11) is 0. The molecule has 2 heterocycles. The zero-order chi connectivity index (χ0) is 9.64. The molecule has 0 radical (unpaired) electrons. The molecule has 2 fully saturated rings. The largest absolute Gasteiger partial charge is 0.337 e. The number of hydrogen-bond donors (Lipinski definition) is 0. The Bertz CT molecular complexity index is 258. The molecule has 13 heavy (non-hydrogen) atoms. The van der Waals surface area contributed by atoms with Crippen molar-refractivity contribution >= 4 is 6.29 Å². The molecular formula is C9H12O4. The third kappa shape index (κ3) is 1.31. The van der Waals surface area contributed by atoms with Gasteiger partial charge in [0.25, 0.3) is 0 Å². The van der Waals surface area contributed by atoms with Gasteiger partial charge in [0.05, 0.1) is 0 Å². The summed E-state index contributed by atoms with van der Waals surface area (Å²) in [5.74, 6) is -0.647. The third-order valence-corrected chi connectivity index (χ3v) is 2.19. The zero-order valence-corrected chi connectivity index (χ0v) is 7.65. The minimum atomic E-state index is -0.647. The standard InChI is InChI=1S/C9H12O4/c1-5-6(4-10)11-8-7(5)12-9(2,3)13-8/h4,6-8H,1H2,2-3H3/t6-,7-,8-/m1/s1. The lowest BCUT2D eigenvalue weighted by Gasteiger charge is -2.19. The number of aldehydes is 1. The van der Waals surface area contributed by atoms with Gasteiger partial charge < -0.3 is 19.0 Å².